The number of carbonyl (C=O) groups is 3. The number of halogens is 1. The molecule has 2 atom stereocenters. The van der Waals surface area contributed by atoms with Crippen molar-refractivity contribution in [3.63, 3.8) is 0 Å². The number of rotatable bonds is 6. The number of primary amides is 1. The second kappa shape index (κ2) is 7.91. The quantitative estimate of drug-likeness (QED) is 0.756. The Kier molecular flexibility index (Phi) is 5.59. The van der Waals surface area contributed by atoms with E-state index in [-0.39, 0.29) is 24.8 Å². The zero-order chi connectivity index (χ0) is 19.6. The zero-order valence-electron chi connectivity index (χ0n) is 14.8. The first-order valence-corrected chi connectivity index (χ1v) is 8.83. The number of nitrogens with zero attached hydrogens (tertiary/aromatic N) is 2. The first kappa shape index (κ1) is 19.1. The van der Waals surface area contributed by atoms with Crippen LogP contribution in [0.15, 0.2) is 18.2 Å². The highest BCUT2D eigenvalue weighted by atomic mass is 19.1. The van der Waals surface area contributed by atoms with Gasteiger partial charge < -0.3 is 20.5 Å². The molecule has 27 heavy (non-hydrogen) atoms. The van der Waals surface area contributed by atoms with Gasteiger partial charge in [-0.25, -0.2) is 9.18 Å². The lowest BCUT2D eigenvalue weighted by Gasteiger charge is -2.18. The van der Waals surface area contributed by atoms with Crippen LogP contribution in [0.2, 0.25) is 0 Å². The van der Waals surface area contributed by atoms with Gasteiger partial charge in [0, 0.05) is 25.4 Å². The van der Waals surface area contributed by atoms with Crippen molar-refractivity contribution < 1.29 is 28.6 Å². The van der Waals surface area contributed by atoms with Gasteiger partial charge in [-0.15, -0.1) is 0 Å². The molecule has 1 aromatic rings. The van der Waals surface area contributed by atoms with Crippen LogP contribution in [-0.4, -0.2) is 60.3 Å². The van der Waals surface area contributed by atoms with Gasteiger partial charge in [0.05, 0.1) is 12.2 Å². The molecule has 2 fully saturated rings. The molecule has 1 aromatic carbocycles. The van der Waals surface area contributed by atoms with Crippen molar-refractivity contribution >= 4 is 23.6 Å². The van der Waals surface area contributed by atoms with Gasteiger partial charge in [0.25, 0.3) is 0 Å². The van der Waals surface area contributed by atoms with E-state index in [0.717, 1.165) is 0 Å². The molecule has 2 saturated heterocycles. The van der Waals surface area contributed by atoms with Gasteiger partial charge in [0.1, 0.15) is 18.5 Å². The van der Waals surface area contributed by atoms with E-state index in [0.29, 0.717) is 37.2 Å². The molecule has 9 heteroatoms. The molecule has 2 aliphatic heterocycles. The predicted molar refractivity (Wildman–Crippen MR) is 93.5 cm³/mol. The molecule has 0 aliphatic carbocycles. The lowest BCUT2D eigenvalue weighted by molar-refractivity contribution is -0.133. The lowest BCUT2D eigenvalue weighted by atomic mass is 9.97. The van der Waals surface area contributed by atoms with Crippen LogP contribution >= 0.6 is 0 Å². The summed E-state index contributed by atoms with van der Waals surface area (Å²) in [5.41, 5.74) is 5.96. The Morgan fingerprint density at radius 1 is 1.33 bits per heavy atom. The molecule has 2 aliphatic rings. The van der Waals surface area contributed by atoms with Crippen molar-refractivity contribution in [2.24, 2.45) is 5.73 Å². The van der Waals surface area contributed by atoms with Gasteiger partial charge in [-0.1, -0.05) is 6.07 Å². The minimum atomic E-state index is -0.586. The first-order chi connectivity index (χ1) is 12.9. The third-order valence-corrected chi connectivity index (χ3v) is 5.00. The molecule has 3 rings (SSSR count). The fraction of sp³-hybridized carbons (Fsp3) is 0.500. The summed E-state index contributed by atoms with van der Waals surface area (Å²) >= 11 is 0. The minimum Gasteiger partial charge on any atom is -0.444 e. The van der Waals surface area contributed by atoms with E-state index in [2.05, 4.69) is 0 Å². The van der Waals surface area contributed by atoms with Crippen molar-refractivity contribution in [3.8, 4) is 0 Å². The largest absolute Gasteiger partial charge is 0.444 e. The summed E-state index contributed by atoms with van der Waals surface area (Å²) in [7, 11) is 0. The number of amides is 3. The number of hydrogen-bond acceptors (Lipinski definition) is 5. The van der Waals surface area contributed by atoms with E-state index >= 15 is 0 Å². The number of aliphatic hydroxyl groups is 1. The van der Waals surface area contributed by atoms with E-state index in [1.54, 1.807) is 12.1 Å². The molecule has 3 N–H and O–H groups in total. The summed E-state index contributed by atoms with van der Waals surface area (Å²) in [6.45, 7) is 0.511. The van der Waals surface area contributed by atoms with Crippen LogP contribution in [0.3, 0.4) is 0 Å². The van der Waals surface area contributed by atoms with E-state index in [4.69, 9.17) is 15.6 Å². The average Bonchev–Trinajstić information content (AvgIpc) is 3.26. The number of cyclic esters (lactones) is 1. The highest BCUT2D eigenvalue weighted by Crippen LogP contribution is 2.32. The molecular formula is C18H22FN3O5. The summed E-state index contributed by atoms with van der Waals surface area (Å²) in [5.74, 6) is -1.44. The average molecular weight is 379 g/mol. The summed E-state index contributed by atoms with van der Waals surface area (Å²) in [4.78, 5) is 37.3. The van der Waals surface area contributed by atoms with E-state index in [1.165, 1.54) is 15.9 Å². The zero-order valence-corrected chi connectivity index (χ0v) is 14.8. The Balaban J connectivity index is 1.67. The van der Waals surface area contributed by atoms with E-state index in [9.17, 15) is 18.8 Å². The molecule has 0 spiro atoms. The van der Waals surface area contributed by atoms with Gasteiger partial charge in [-0.05, 0) is 30.5 Å². The number of anilines is 1. The fourth-order valence-corrected chi connectivity index (χ4v) is 3.54. The summed E-state index contributed by atoms with van der Waals surface area (Å²) in [5, 5.41) is 8.94. The van der Waals surface area contributed by atoms with Gasteiger partial charge in [0.15, 0.2) is 0 Å². The Hall–Kier alpha value is -2.68. The maximum Gasteiger partial charge on any atom is 0.414 e. The maximum absolute atomic E-state index is 14.7. The van der Waals surface area contributed by atoms with E-state index in [1.807, 2.05) is 0 Å². The number of carbonyl (C=O) groups excluding carboxylic acids is 3. The second-order valence-electron chi connectivity index (χ2n) is 6.81. The molecular weight excluding hydrogens is 357 g/mol. The molecule has 8 nitrogen and oxygen atoms in total. The van der Waals surface area contributed by atoms with Crippen LogP contribution in [0, 0.1) is 5.82 Å². The monoisotopic (exact) mass is 379 g/mol. The van der Waals surface area contributed by atoms with Crippen molar-refractivity contribution in [1.29, 1.82) is 0 Å². The van der Waals surface area contributed by atoms with Crippen LogP contribution in [0.25, 0.3) is 0 Å². The Bertz CT molecular complexity index is 757. The highest BCUT2D eigenvalue weighted by Gasteiger charge is 2.33. The smallest absolute Gasteiger partial charge is 0.414 e. The number of nitrogens with two attached hydrogens (primary N) is 1. The predicted octanol–water partition coefficient (Wildman–Crippen LogP) is 0.725. The molecule has 0 bridgehead atoms. The van der Waals surface area contributed by atoms with Crippen molar-refractivity contribution in [3.05, 3.63) is 29.6 Å². The number of benzene rings is 1. The van der Waals surface area contributed by atoms with Crippen LogP contribution in [0.4, 0.5) is 14.9 Å². The normalized spacial score (nSPS) is 22.2. The molecule has 0 saturated carbocycles. The topological polar surface area (TPSA) is 113 Å². The standard InChI is InChI=1S/C18H22FN3O5/c19-15-7-12(22-9-13(27-18(22)26)2-4-16(20)24)1-3-14(15)11-5-6-21(8-11)17(25)10-23/h1,3,7,11,13,23H,2,4-6,8-10H2,(H2,20,24). The van der Waals surface area contributed by atoms with Crippen LogP contribution in [0.5, 0.6) is 0 Å². The molecule has 146 valence electrons. The van der Waals surface area contributed by atoms with Crippen molar-refractivity contribution in [2.75, 3.05) is 31.1 Å². The minimum absolute atomic E-state index is 0.115. The molecule has 3 amide bonds. The molecule has 0 radical (unpaired) electrons. The summed E-state index contributed by atoms with van der Waals surface area (Å²) in [6, 6.07) is 4.54. The molecule has 2 unspecified atom stereocenters. The Morgan fingerprint density at radius 3 is 2.78 bits per heavy atom. The highest BCUT2D eigenvalue weighted by molar-refractivity contribution is 5.89. The van der Waals surface area contributed by atoms with Crippen molar-refractivity contribution in [1.82, 2.24) is 4.90 Å². The van der Waals surface area contributed by atoms with Crippen LogP contribution in [0.1, 0.15) is 30.7 Å². The SMILES string of the molecule is NC(=O)CCC1CN(c2ccc(C3CCN(C(=O)CO)C3)c(F)c2)C(=O)O1. The third kappa shape index (κ3) is 4.19. The molecule has 2 heterocycles. The Morgan fingerprint density at radius 2 is 2.11 bits per heavy atom. The number of likely N-dealkylation sites (tertiary alicyclic amines) is 1. The summed E-state index contributed by atoms with van der Waals surface area (Å²) in [6.07, 6.45) is 0.0136. The number of hydrogen-bond donors (Lipinski definition) is 2. The van der Waals surface area contributed by atoms with Crippen LogP contribution in [-0.2, 0) is 14.3 Å². The third-order valence-electron chi connectivity index (χ3n) is 5.00. The Labute approximate surface area is 155 Å². The number of aliphatic hydroxyl groups excluding tert-OH is 1. The van der Waals surface area contributed by atoms with Gasteiger partial charge in [-0.3, -0.25) is 14.5 Å². The molecule has 0 aromatic heterocycles. The van der Waals surface area contributed by atoms with Gasteiger partial charge in [0.2, 0.25) is 11.8 Å². The number of ether oxygens (including phenoxy) is 1. The fourth-order valence-electron chi connectivity index (χ4n) is 3.54. The van der Waals surface area contributed by atoms with Crippen LogP contribution < -0.4 is 10.6 Å². The van der Waals surface area contributed by atoms with Gasteiger partial charge >= 0.3 is 6.09 Å². The van der Waals surface area contributed by atoms with E-state index < -0.39 is 30.5 Å². The second-order valence-corrected chi connectivity index (χ2v) is 6.81. The first-order valence-electron chi connectivity index (χ1n) is 8.83. The van der Waals surface area contributed by atoms with Crippen molar-refractivity contribution in [2.45, 2.75) is 31.3 Å². The maximum atomic E-state index is 14.7. The lowest BCUT2D eigenvalue weighted by Crippen LogP contribution is -2.30. The van der Waals surface area contributed by atoms with Gasteiger partial charge in [-0.2, -0.15) is 0 Å². The summed E-state index contributed by atoms with van der Waals surface area (Å²) < 4.78 is 19.8.